The molecule has 0 spiro atoms. The highest BCUT2D eigenvalue weighted by Crippen LogP contribution is 2.22. The molecule has 1 heterocycles. The summed E-state index contributed by atoms with van der Waals surface area (Å²) in [6.45, 7) is 3.94. The first-order valence-corrected chi connectivity index (χ1v) is 9.60. The average Bonchev–Trinajstić information content (AvgIpc) is 3.03. The molecule has 8 heteroatoms. The maximum absolute atomic E-state index is 12.7. The lowest BCUT2D eigenvalue weighted by molar-refractivity contribution is -0.141. The number of thiazole rings is 1. The van der Waals surface area contributed by atoms with Crippen LogP contribution in [0.5, 0.6) is 0 Å². The van der Waals surface area contributed by atoms with Gasteiger partial charge < -0.3 is 14.0 Å². The number of nitrogens with zero attached hydrogens (tertiary/aromatic N) is 2. The molecule has 150 valence electrons. The molecule has 0 aliphatic carbocycles. The minimum absolute atomic E-state index is 0.0492. The second-order valence-electron chi connectivity index (χ2n) is 6.44. The van der Waals surface area contributed by atoms with Gasteiger partial charge in [-0.25, -0.2) is 4.79 Å². The number of hydrogen-bond acceptors (Lipinski definition) is 6. The van der Waals surface area contributed by atoms with E-state index in [0.29, 0.717) is 15.9 Å². The Morgan fingerprint density at radius 3 is 2.21 bits per heavy atom. The van der Waals surface area contributed by atoms with Crippen LogP contribution in [0.1, 0.15) is 31.8 Å². The van der Waals surface area contributed by atoms with Crippen LogP contribution in [0.15, 0.2) is 41.4 Å². The molecule has 29 heavy (non-hydrogen) atoms. The summed E-state index contributed by atoms with van der Waals surface area (Å²) < 4.78 is 12.0. The van der Waals surface area contributed by atoms with Gasteiger partial charge in [-0.3, -0.25) is 9.59 Å². The Hall–Kier alpha value is -3.26. The fourth-order valence-corrected chi connectivity index (χ4v) is 3.88. The van der Waals surface area contributed by atoms with Crippen LogP contribution in [0.3, 0.4) is 0 Å². The minimum atomic E-state index is -0.480. The molecule has 0 aliphatic heterocycles. The van der Waals surface area contributed by atoms with Crippen LogP contribution >= 0.6 is 11.3 Å². The zero-order chi connectivity index (χ0) is 21.1. The Labute approximate surface area is 171 Å². The van der Waals surface area contributed by atoms with Crippen molar-refractivity contribution in [2.75, 3.05) is 14.2 Å². The maximum Gasteiger partial charge on any atom is 0.337 e. The van der Waals surface area contributed by atoms with E-state index in [1.54, 1.807) is 4.57 Å². The van der Waals surface area contributed by atoms with Gasteiger partial charge in [-0.2, -0.15) is 4.99 Å². The Morgan fingerprint density at radius 2 is 1.59 bits per heavy atom. The lowest BCUT2D eigenvalue weighted by Crippen LogP contribution is -2.22. The zero-order valence-electron chi connectivity index (χ0n) is 16.5. The lowest BCUT2D eigenvalue weighted by atomic mass is 10.1. The quantitative estimate of drug-likeness (QED) is 0.615. The molecule has 0 radical (unpaired) electrons. The first-order valence-electron chi connectivity index (χ1n) is 8.79. The molecule has 3 rings (SSSR count). The van der Waals surface area contributed by atoms with Crippen LogP contribution in [-0.2, 0) is 20.8 Å². The van der Waals surface area contributed by atoms with Gasteiger partial charge in [-0.1, -0.05) is 11.3 Å². The van der Waals surface area contributed by atoms with Gasteiger partial charge in [-0.05, 0) is 61.4 Å². The normalized spacial score (nSPS) is 11.5. The summed E-state index contributed by atoms with van der Waals surface area (Å²) in [5.41, 5.74) is 3.67. The molecule has 0 atom stereocenters. The number of aromatic nitrogens is 1. The third-order valence-electron chi connectivity index (χ3n) is 4.56. The van der Waals surface area contributed by atoms with Crippen LogP contribution < -0.4 is 4.80 Å². The number of rotatable bonds is 4. The van der Waals surface area contributed by atoms with Crippen molar-refractivity contribution in [3.8, 4) is 0 Å². The van der Waals surface area contributed by atoms with Crippen molar-refractivity contribution in [2.24, 2.45) is 4.99 Å². The van der Waals surface area contributed by atoms with Crippen molar-refractivity contribution < 1.29 is 23.9 Å². The van der Waals surface area contributed by atoms with E-state index in [1.807, 2.05) is 26.0 Å². The minimum Gasteiger partial charge on any atom is -0.468 e. The van der Waals surface area contributed by atoms with Crippen LogP contribution in [0, 0.1) is 13.8 Å². The number of hydrogen-bond donors (Lipinski definition) is 0. The summed E-state index contributed by atoms with van der Waals surface area (Å²) in [6, 6.07) is 10.0. The number of esters is 2. The standard InChI is InChI=1S/C21H20N2O5S/c1-12-9-16-17(10-13(12)2)29-21(23(16)11-18(24)27-3)22-19(25)14-5-7-15(8-6-14)20(26)28-4/h5-10H,11H2,1-4H3. The Morgan fingerprint density at radius 1 is 0.966 bits per heavy atom. The number of methoxy groups -OCH3 is 2. The first-order chi connectivity index (χ1) is 13.8. The van der Waals surface area contributed by atoms with Crippen molar-refractivity contribution in [1.29, 1.82) is 0 Å². The van der Waals surface area contributed by atoms with Gasteiger partial charge in [0, 0.05) is 5.56 Å². The third-order valence-corrected chi connectivity index (χ3v) is 5.60. The molecule has 0 N–H and O–H groups in total. The van der Waals surface area contributed by atoms with Crippen LogP contribution in [0.4, 0.5) is 0 Å². The number of fused-ring (bicyclic) bond motifs is 1. The second kappa shape index (κ2) is 8.40. The number of carbonyl (C=O) groups excluding carboxylic acids is 3. The van der Waals surface area contributed by atoms with E-state index in [0.717, 1.165) is 21.3 Å². The molecule has 3 aromatic rings. The molecule has 0 bridgehead atoms. The summed E-state index contributed by atoms with van der Waals surface area (Å²) >= 11 is 1.33. The third kappa shape index (κ3) is 4.27. The Balaban J connectivity index is 2.08. The largest absolute Gasteiger partial charge is 0.468 e. The van der Waals surface area contributed by atoms with Gasteiger partial charge >= 0.3 is 11.9 Å². The molecule has 0 fully saturated rings. The molecule has 1 aromatic heterocycles. The highest BCUT2D eigenvalue weighted by molar-refractivity contribution is 7.16. The zero-order valence-corrected chi connectivity index (χ0v) is 17.3. The van der Waals surface area contributed by atoms with E-state index in [1.165, 1.54) is 49.8 Å². The molecule has 2 aromatic carbocycles. The van der Waals surface area contributed by atoms with Crippen molar-refractivity contribution in [3.63, 3.8) is 0 Å². The maximum atomic E-state index is 12.7. The van der Waals surface area contributed by atoms with Crippen LogP contribution in [-0.4, -0.2) is 36.6 Å². The van der Waals surface area contributed by atoms with Gasteiger partial charge in [0.1, 0.15) is 6.54 Å². The highest BCUT2D eigenvalue weighted by atomic mass is 32.1. The molecule has 0 saturated heterocycles. The molecule has 0 aliphatic rings. The number of ether oxygens (including phenoxy) is 2. The monoisotopic (exact) mass is 412 g/mol. The topological polar surface area (TPSA) is 87.0 Å². The predicted molar refractivity (Wildman–Crippen MR) is 109 cm³/mol. The number of benzene rings is 2. The molecule has 0 unspecified atom stereocenters. The fourth-order valence-electron chi connectivity index (χ4n) is 2.77. The highest BCUT2D eigenvalue weighted by Gasteiger charge is 2.14. The predicted octanol–water partition coefficient (Wildman–Crippen LogP) is 3.02. The summed E-state index contributed by atoms with van der Waals surface area (Å²) in [5, 5.41) is 0. The SMILES string of the molecule is COC(=O)Cn1c(=NC(=O)c2ccc(C(=O)OC)cc2)sc2cc(C)c(C)cc21. The number of aryl methyl sites for hydroxylation is 2. The smallest absolute Gasteiger partial charge is 0.337 e. The van der Waals surface area contributed by atoms with Crippen LogP contribution in [0.2, 0.25) is 0 Å². The van der Waals surface area contributed by atoms with Gasteiger partial charge in [0.2, 0.25) is 0 Å². The van der Waals surface area contributed by atoms with Crippen molar-refractivity contribution in [1.82, 2.24) is 4.57 Å². The Bertz CT molecular complexity index is 1170. The molecule has 1 amide bonds. The van der Waals surface area contributed by atoms with Gasteiger partial charge in [0.25, 0.3) is 5.91 Å². The van der Waals surface area contributed by atoms with E-state index in [4.69, 9.17) is 4.74 Å². The van der Waals surface area contributed by atoms with Crippen LogP contribution in [0.25, 0.3) is 10.2 Å². The van der Waals surface area contributed by atoms with Crippen molar-refractivity contribution in [2.45, 2.75) is 20.4 Å². The lowest BCUT2D eigenvalue weighted by Gasteiger charge is -2.05. The number of amides is 1. The van der Waals surface area contributed by atoms with Gasteiger partial charge in [-0.15, -0.1) is 0 Å². The second-order valence-corrected chi connectivity index (χ2v) is 7.45. The fraction of sp³-hybridized carbons (Fsp3) is 0.238. The van der Waals surface area contributed by atoms with Gasteiger partial charge in [0.05, 0.1) is 30.0 Å². The summed E-state index contributed by atoms with van der Waals surface area (Å²) in [7, 11) is 2.61. The molecular weight excluding hydrogens is 392 g/mol. The number of carbonyl (C=O) groups is 3. The summed E-state index contributed by atoms with van der Waals surface area (Å²) in [5.74, 6) is -1.38. The first kappa shape index (κ1) is 20.5. The Kier molecular flexibility index (Phi) is 5.93. The molecule has 7 nitrogen and oxygen atoms in total. The van der Waals surface area contributed by atoms with E-state index in [-0.39, 0.29) is 6.54 Å². The summed E-state index contributed by atoms with van der Waals surface area (Å²) in [6.07, 6.45) is 0. The van der Waals surface area contributed by atoms with Gasteiger partial charge in [0.15, 0.2) is 4.80 Å². The summed E-state index contributed by atoms with van der Waals surface area (Å²) in [4.78, 5) is 40.7. The van der Waals surface area contributed by atoms with Crippen molar-refractivity contribution >= 4 is 39.4 Å². The molecular formula is C21H20N2O5S. The van der Waals surface area contributed by atoms with E-state index in [9.17, 15) is 14.4 Å². The molecule has 0 saturated carbocycles. The van der Waals surface area contributed by atoms with E-state index >= 15 is 0 Å². The average molecular weight is 412 g/mol. The van der Waals surface area contributed by atoms with E-state index < -0.39 is 17.8 Å². The van der Waals surface area contributed by atoms with E-state index in [2.05, 4.69) is 9.73 Å². The van der Waals surface area contributed by atoms with Crippen molar-refractivity contribution in [3.05, 3.63) is 63.5 Å².